The summed E-state index contributed by atoms with van der Waals surface area (Å²) in [6.45, 7) is 4.63. The summed E-state index contributed by atoms with van der Waals surface area (Å²) in [6.07, 6.45) is 0.572. The summed E-state index contributed by atoms with van der Waals surface area (Å²) in [5.74, 6) is 0.0875. The normalized spacial score (nSPS) is 10.9. The van der Waals surface area contributed by atoms with Crippen molar-refractivity contribution in [1.29, 1.82) is 0 Å². The molecule has 0 bridgehead atoms. The number of benzene rings is 1. The Balaban J connectivity index is 1.83. The maximum absolute atomic E-state index is 10.7. The number of phenols is 1. The molecule has 0 aliphatic rings. The third-order valence-electron chi connectivity index (χ3n) is 3.37. The molecular weight excluding hydrogens is 372 g/mol. The molecule has 1 aromatic rings. The molecule has 2 N–H and O–H groups in total. The molecule has 28 heavy (non-hydrogen) atoms. The minimum absolute atomic E-state index is 0.0173. The van der Waals surface area contributed by atoms with Gasteiger partial charge in [0, 0.05) is 0 Å². The molecular formula is C19H30O9. The summed E-state index contributed by atoms with van der Waals surface area (Å²) < 4.78 is 31.8. The predicted molar refractivity (Wildman–Crippen MR) is 100 cm³/mol. The summed E-state index contributed by atoms with van der Waals surface area (Å²) in [5, 5.41) is 18.3. The Morgan fingerprint density at radius 1 is 0.714 bits per heavy atom. The predicted octanol–water partition coefficient (Wildman–Crippen LogP) is 0.659. The fourth-order valence-electron chi connectivity index (χ4n) is 2.01. The van der Waals surface area contributed by atoms with Crippen molar-refractivity contribution in [3.63, 3.8) is 0 Å². The summed E-state index contributed by atoms with van der Waals surface area (Å²) in [5.41, 5.74) is 0.188. The zero-order valence-electron chi connectivity index (χ0n) is 16.0. The van der Waals surface area contributed by atoms with E-state index in [1.54, 1.807) is 12.1 Å². The van der Waals surface area contributed by atoms with Crippen molar-refractivity contribution >= 4 is 6.29 Å². The second kappa shape index (κ2) is 17.4. The van der Waals surface area contributed by atoms with Crippen molar-refractivity contribution in [2.24, 2.45) is 0 Å². The number of ether oxygens (including phenoxy) is 6. The Kier molecular flexibility index (Phi) is 15.1. The van der Waals surface area contributed by atoms with Gasteiger partial charge in [0.25, 0.3) is 0 Å². The lowest BCUT2D eigenvalue weighted by Gasteiger charge is -2.10. The van der Waals surface area contributed by atoms with Crippen LogP contribution >= 0.6 is 0 Å². The molecule has 0 atom stereocenters. The highest BCUT2D eigenvalue weighted by atomic mass is 16.6. The highest BCUT2D eigenvalue weighted by Gasteiger charge is 2.06. The number of aliphatic hydroxyl groups is 1. The number of para-hydroxylation sites is 1. The third-order valence-corrected chi connectivity index (χ3v) is 3.37. The lowest BCUT2D eigenvalue weighted by atomic mass is 10.2. The maximum atomic E-state index is 10.7. The van der Waals surface area contributed by atoms with Gasteiger partial charge in [0.15, 0.2) is 17.8 Å². The molecule has 0 saturated carbocycles. The maximum Gasteiger partial charge on any atom is 0.168 e. The van der Waals surface area contributed by atoms with Crippen LogP contribution in [0.4, 0.5) is 0 Å². The lowest BCUT2D eigenvalue weighted by Crippen LogP contribution is -2.14. The quantitative estimate of drug-likeness (QED) is 0.254. The Bertz CT molecular complexity index is 510. The first-order valence-corrected chi connectivity index (χ1v) is 9.19. The van der Waals surface area contributed by atoms with Crippen LogP contribution in [0, 0.1) is 0 Å². The standard InChI is InChI=1S/C19H30O9/c20-4-5-23-6-7-24-8-9-25-10-11-26-12-13-27-14-15-28-18-3-1-2-17(16-21)19(18)22/h1-3,16,20,22H,4-15H2. The van der Waals surface area contributed by atoms with Gasteiger partial charge in [0.1, 0.15) is 6.61 Å². The lowest BCUT2D eigenvalue weighted by molar-refractivity contribution is -0.0147. The first kappa shape index (κ1) is 24.3. The molecule has 0 amide bonds. The van der Waals surface area contributed by atoms with Crippen molar-refractivity contribution in [1.82, 2.24) is 0 Å². The summed E-state index contributed by atoms with van der Waals surface area (Å²) in [4.78, 5) is 10.7. The van der Waals surface area contributed by atoms with Crippen LogP contribution in [0.2, 0.25) is 0 Å². The Morgan fingerprint density at radius 2 is 1.18 bits per heavy atom. The topological polar surface area (TPSA) is 113 Å². The van der Waals surface area contributed by atoms with Crippen LogP contribution in [-0.4, -0.2) is 95.8 Å². The van der Waals surface area contributed by atoms with Crippen LogP contribution in [0.15, 0.2) is 18.2 Å². The fraction of sp³-hybridized carbons (Fsp3) is 0.632. The van der Waals surface area contributed by atoms with Crippen LogP contribution in [0.3, 0.4) is 0 Å². The van der Waals surface area contributed by atoms with Crippen molar-refractivity contribution in [2.45, 2.75) is 0 Å². The van der Waals surface area contributed by atoms with Gasteiger partial charge < -0.3 is 38.6 Å². The third kappa shape index (κ3) is 11.9. The van der Waals surface area contributed by atoms with E-state index in [4.69, 9.17) is 33.5 Å². The van der Waals surface area contributed by atoms with Gasteiger partial charge in [0.05, 0.1) is 78.2 Å². The number of phenolic OH excluding ortho intramolecular Hbond substituents is 1. The molecule has 0 unspecified atom stereocenters. The van der Waals surface area contributed by atoms with Crippen LogP contribution in [0.25, 0.3) is 0 Å². The first-order chi connectivity index (χ1) is 13.8. The van der Waals surface area contributed by atoms with E-state index in [2.05, 4.69) is 0 Å². The number of carbonyl (C=O) groups is 1. The molecule has 0 aromatic heterocycles. The van der Waals surface area contributed by atoms with E-state index in [0.717, 1.165) is 0 Å². The van der Waals surface area contributed by atoms with Crippen molar-refractivity contribution < 1.29 is 43.4 Å². The molecule has 1 aromatic carbocycles. The molecule has 0 aliphatic heterocycles. The number of carbonyl (C=O) groups excluding carboxylic acids is 1. The van der Waals surface area contributed by atoms with Crippen LogP contribution in [0.1, 0.15) is 10.4 Å². The molecule has 160 valence electrons. The first-order valence-electron chi connectivity index (χ1n) is 9.19. The molecule has 9 nitrogen and oxygen atoms in total. The molecule has 1 rings (SSSR count). The molecule has 0 heterocycles. The monoisotopic (exact) mass is 402 g/mol. The van der Waals surface area contributed by atoms with Crippen molar-refractivity contribution in [2.75, 3.05) is 79.3 Å². The molecule has 0 radical (unpaired) electrons. The number of hydrogen-bond donors (Lipinski definition) is 2. The van der Waals surface area contributed by atoms with Gasteiger partial charge in [-0.05, 0) is 12.1 Å². The van der Waals surface area contributed by atoms with Crippen LogP contribution in [-0.2, 0) is 23.7 Å². The molecule has 0 spiro atoms. The number of aliphatic hydroxyl groups excluding tert-OH is 1. The fourth-order valence-corrected chi connectivity index (χ4v) is 2.01. The van der Waals surface area contributed by atoms with E-state index in [1.165, 1.54) is 6.07 Å². The van der Waals surface area contributed by atoms with Gasteiger partial charge in [0.2, 0.25) is 0 Å². The van der Waals surface area contributed by atoms with Gasteiger partial charge in [-0.25, -0.2) is 0 Å². The zero-order chi connectivity index (χ0) is 20.3. The van der Waals surface area contributed by atoms with E-state index in [9.17, 15) is 9.90 Å². The molecule has 9 heteroatoms. The average molecular weight is 402 g/mol. The minimum Gasteiger partial charge on any atom is -0.504 e. The van der Waals surface area contributed by atoms with E-state index >= 15 is 0 Å². The van der Waals surface area contributed by atoms with E-state index in [-0.39, 0.29) is 30.3 Å². The van der Waals surface area contributed by atoms with Gasteiger partial charge in [-0.15, -0.1) is 0 Å². The zero-order valence-corrected chi connectivity index (χ0v) is 16.0. The largest absolute Gasteiger partial charge is 0.504 e. The number of hydrogen-bond acceptors (Lipinski definition) is 9. The smallest absolute Gasteiger partial charge is 0.168 e. The summed E-state index contributed by atoms with van der Waals surface area (Å²) in [6, 6.07) is 4.73. The molecule has 0 aliphatic carbocycles. The van der Waals surface area contributed by atoms with E-state index in [1.807, 2.05) is 0 Å². The number of rotatable bonds is 19. The highest BCUT2D eigenvalue weighted by molar-refractivity contribution is 5.80. The Hall–Kier alpha value is -1.75. The molecule has 0 saturated heterocycles. The van der Waals surface area contributed by atoms with Crippen molar-refractivity contribution in [3.05, 3.63) is 23.8 Å². The van der Waals surface area contributed by atoms with Gasteiger partial charge in [-0.2, -0.15) is 0 Å². The van der Waals surface area contributed by atoms with Crippen LogP contribution < -0.4 is 4.74 Å². The summed E-state index contributed by atoms with van der Waals surface area (Å²) in [7, 11) is 0. The van der Waals surface area contributed by atoms with E-state index in [0.29, 0.717) is 72.4 Å². The summed E-state index contributed by atoms with van der Waals surface area (Å²) >= 11 is 0. The van der Waals surface area contributed by atoms with Gasteiger partial charge in [-0.1, -0.05) is 6.07 Å². The highest BCUT2D eigenvalue weighted by Crippen LogP contribution is 2.28. The SMILES string of the molecule is O=Cc1cccc(OCCOCCOCCOCCOCCOCCO)c1O. The second-order valence-corrected chi connectivity index (χ2v) is 5.45. The molecule has 0 fully saturated rings. The number of aldehydes is 1. The van der Waals surface area contributed by atoms with Crippen molar-refractivity contribution in [3.8, 4) is 11.5 Å². The van der Waals surface area contributed by atoms with Crippen LogP contribution in [0.5, 0.6) is 11.5 Å². The Morgan fingerprint density at radius 3 is 1.64 bits per heavy atom. The van der Waals surface area contributed by atoms with Gasteiger partial charge >= 0.3 is 0 Å². The number of aromatic hydroxyl groups is 1. The Labute approximate surface area is 165 Å². The second-order valence-electron chi connectivity index (χ2n) is 5.45. The van der Waals surface area contributed by atoms with E-state index < -0.39 is 0 Å². The average Bonchev–Trinajstić information content (AvgIpc) is 2.71. The van der Waals surface area contributed by atoms with Gasteiger partial charge in [-0.3, -0.25) is 4.79 Å². The minimum atomic E-state index is -0.165.